The van der Waals surface area contributed by atoms with Crippen LogP contribution in [0, 0.1) is 5.41 Å². The van der Waals surface area contributed by atoms with E-state index in [-0.39, 0.29) is 11.4 Å². The molecular formula is C7H16N2O. The molecule has 0 aromatic heterocycles. The van der Waals surface area contributed by atoms with Gasteiger partial charge in [0.15, 0.2) is 0 Å². The molecule has 10 heavy (non-hydrogen) atoms. The van der Waals surface area contributed by atoms with Crippen LogP contribution < -0.4 is 5.73 Å². The Morgan fingerprint density at radius 2 is 2.10 bits per heavy atom. The predicted octanol–water partition coefficient (Wildman–Crippen LogP) is 1.13. The van der Waals surface area contributed by atoms with Crippen LogP contribution in [0.25, 0.3) is 0 Å². The normalized spacial score (nSPS) is 11.5. The zero-order chi connectivity index (χ0) is 8.20. The molecule has 60 valence electrons. The van der Waals surface area contributed by atoms with E-state index in [0.29, 0.717) is 13.0 Å². The first kappa shape index (κ1) is 9.43. The summed E-state index contributed by atoms with van der Waals surface area (Å²) in [6, 6.07) is 0. The highest BCUT2D eigenvalue weighted by Crippen LogP contribution is 2.12. The largest absolute Gasteiger partial charge is 0.388 e. The van der Waals surface area contributed by atoms with Crippen molar-refractivity contribution in [1.82, 2.24) is 0 Å². The predicted molar refractivity (Wildman–Crippen MR) is 42.2 cm³/mol. The number of hydrogen-bond acceptors (Lipinski definition) is 2. The Labute approximate surface area is 62.1 Å². The van der Waals surface area contributed by atoms with Gasteiger partial charge in [-0.15, -0.1) is 0 Å². The van der Waals surface area contributed by atoms with E-state index >= 15 is 0 Å². The van der Waals surface area contributed by atoms with Crippen molar-refractivity contribution in [3.05, 3.63) is 0 Å². The van der Waals surface area contributed by atoms with Gasteiger partial charge in [-0.25, -0.2) is 0 Å². The Kier molecular flexibility index (Phi) is 3.36. The molecule has 0 atom stereocenters. The topological polar surface area (TPSA) is 59.1 Å². The van der Waals surface area contributed by atoms with Gasteiger partial charge in [-0.3, -0.25) is 5.41 Å². The lowest BCUT2D eigenvalue weighted by Crippen LogP contribution is -2.30. The summed E-state index contributed by atoms with van der Waals surface area (Å²) in [4.78, 5) is 0. The van der Waals surface area contributed by atoms with Gasteiger partial charge in [-0.2, -0.15) is 0 Å². The van der Waals surface area contributed by atoms with Crippen molar-refractivity contribution in [2.75, 3.05) is 6.61 Å². The highest BCUT2D eigenvalue weighted by atomic mass is 16.5. The fourth-order valence-corrected chi connectivity index (χ4v) is 0.900. The number of hydrogen-bond donors (Lipinski definition) is 2. The Balaban J connectivity index is 3.74. The molecule has 0 radical (unpaired) electrons. The van der Waals surface area contributed by atoms with Gasteiger partial charge in [0.2, 0.25) is 0 Å². The van der Waals surface area contributed by atoms with Crippen molar-refractivity contribution >= 4 is 5.84 Å². The fourth-order valence-electron chi connectivity index (χ4n) is 0.900. The van der Waals surface area contributed by atoms with Crippen LogP contribution in [0.2, 0.25) is 0 Å². The summed E-state index contributed by atoms with van der Waals surface area (Å²) in [5.41, 5.74) is 4.93. The third-order valence-electron chi connectivity index (χ3n) is 1.15. The molecule has 0 saturated carbocycles. The van der Waals surface area contributed by atoms with E-state index in [2.05, 4.69) is 0 Å². The second kappa shape index (κ2) is 3.56. The van der Waals surface area contributed by atoms with Crippen LogP contribution >= 0.6 is 0 Å². The molecule has 0 rings (SSSR count). The van der Waals surface area contributed by atoms with Gasteiger partial charge in [-0.1, -0.05) is 0 Å². The van der Waals surface area contributed by atoms with Crippen molar-refractivity contribution in [3.63, 3.8) is 0 Å². The third-order valence-corrected chi connectivity index (χ3v) is 1.15. The highest BCUT2D eigenvalue weighted by molar-refractivity contribution is 5.77. The minimum Gasteiger partial charge on any atom is -0.388 e. The van der Waals surface area contributed by atoms with E-state index in [9.17, 15) is 0 Å². The molecule has 0 aliphatic rings. The summed E-state index contributed by atoms with van der Waals surface area (Å²) in [7, 11) is 0. The van der Waals surface area contributed by atoms with Gasteiger partial charge >= 0.3 is 0 Å². The molecule has 0 heterocycles. The molecule has 3 nitrogen and oxygen atoms in total. The van der Waals surface area contributed by atoms with Crippen LogP contribution in [0.3, 0.4) is 0 Å². The van der Waals surface area contributed by atoms with E-state index in [1.807, 2.05) is 20.8 Å². The smallest absolute Gasteiger partial charge is 0.0934 e. The first-order valence-corrected chi connectivity index (χ1v) is 3.45. The lowest BCUT2D eigenvalue weighted by Gasteiger charge is -2.23. The Hall–Kier alpha value is -0.570. The maximum absolute atomic E-state index is 7.03. The molecule has 0 aliphatic carbocycles. The monoisotopic (exact) mass is 144 g/mol. The fraction of sp³-hybridized carbons (Fsp3) is 0.857. The van der Waals surface area contributed by atoms with Gasteiger partial charge in [0, 0.05) is 13.0 Å². The average molecular weight is 144 g/mol. The molecule has 0 aliphatic heterocycles. The molecule has 3 N–H and O–H groups in total. The quantitative estimate of drug-likeness (QED) is 0.459. The molecule has 0 aromatic carbocycles. The molecule has 3 heteroatoms. The van der Waals surface area contributed by atoms with Crippen molar-refractivity contribution < 1.29 is 4.74 Å². The van der Waals surface area contributed by atoms with Crippen molar-refractivity contribution in [2.24, 2.45) is 5.73 Å². The van der Waals surface area contributed by atoms with Crippen LogP contribution in [0.15, 0.2) is 0 Å². The number of amidine groups is 1. The Morgan fingerprint density at radius 3 is 2.40 bits per heavy atom. The van der Waals surface area contributed by atoms with E-state index < -0.39 is 0 Å². The third kappa shape index (κ3) is 4.32. The summed E-state index contributed by atoms with van der Waals surface area (Å²) >= 11 is 0. The lowest BCUT2D eigenvalue weighted by molar-refractivity contribution is -0.00427. The minimum absolute atomic E-state index is 0.179. The van der Waals surface area contributed by atoms with Gasteiger partial charge in [-0.05, 0) is 20.8 Å². The van der Waals surface area contributed by atoms with Crippen LogP contribution in [0.1, 0.15) is 27.2 Å². The molecule has 0 unspecified atom stereocenters. The van der Waals surface area contributed by atoms with Crippen LogP contribution in [0.4, 0.5) is 0 Å². The van der Waals surface area contributed by atoms with Crippen LogP contribution in [0.5, 0.6) is 0 Å². The van der Waals surface area contributed by atoms with Gasteiger partial charge < -0.3 is 10.5 Å². The molecular weight excluding hydrogens is 128 g/mol. The molecule has 0 bridgehead atoms. The lowest BCUT2D eigenvalue weighted by atomic mass is 10.1. The Morgan fingerprint density at radius 1 is 1.60 bits per heavy atom. The standard InChI is InChI=1S/C7H16N2O/c1-4-10-7(2,3)5-6(8)9/h4-5H2,1-3H3,(H3,8,9). The van der Waals surface area contributed by atoms with Gasteiger partial charge in [0.05, 0.1) is 11.4 Å². The highest BCUT2D eigenvalue weighted by Gasteiger charge is 2.18. The number of ether oxygens (including phenoxy) is 1. The second-order valence-corrected chi connectivity index (χ2v) is 2.89. The summed E-state index contributed by atoms with van der Waals surface area (Å²) in [5, 5.41) is 7.03. The van der Waals surface area contributed by atoms with Crippen molar-refractivity contribution in [2.45, 2.75) is 32.8 Å². The molecule has 0 spiro atoms. The molecule has 0 saturated heterocycles. The van der Waals surface area contributed by atoms with Crippen LogP contribution in [-0.4, -0.2) is 18.0 Å². The minimum atomic E-state index is -0.277. The number of nitrogens with two attached hydrogens (primary N) is 1. The van der Waals surface area contributed by atoms with E-state index in [1.165, 1.54) is 0 Å². The zero-order valence-electron chi connectivity index (χ0n) is 6.90. The second-order valence-electron chi connectivity index (χ2n) is 2.89. The first-order valence-electron chi connectivity index (χ1n) is 3.45. The zero-order valence-corrected chi connectivity index (χ0v) is 6.90. The number of rotatable bonds is 4. The van der Waals surface area contributed by atoms with E-state index in [1.54, 1.807) is 0 Å². The molecule has 0 amide bonds. The average Bonchev–Trinajstić information content (AvgIpc) is 1.59. The summed E-state index contributed by atoms with van der Waals surface area (Å²) < 4.78 is 5.32. The summed E-state index contributed by atoms with van der Waals surface area (Å²) in [6.07, 6.45) is 0.501. The number of nitrogens with one attached hydrogen (secondary N) is 1. The van der Waals surface area contributed by atoms with Gasteiger partial charge in [0.25, 0.3) is 0 Å². The van der Waals surface area contributed by atoms with Crippen molar-refractivity contribution in [3.8, 4) is 0 Å². The SMILES string of the molecule is CCOC(C)(C)CC(=N)N. The molecule has 0 fully saturated rings. The maximum Gasteiger partial charge on any atom is 0.0934 e. The molecule has 0 aromatic rings. The van der Waals surface area contributed by atoms with E-state index in [0.717, 1.165) is 0 Å². The van der Waals surface area contributed by atoms with Crippen LogP contribution in [-0.2, 0) is 4.74 Å². The van der Waals surface area contributed by atoms with E-state index in [4.69, 9.17) is 15.9 Å². The summed E-state index contributed by atoms with van der Waals surface area (Å²) in [6.45, 7) is 6.46. The Bertz CT molecular complexity index is 121. The first-order chi connectivity index (χ1) is 4.48. The maximum atomic E-state index is 7.03. The summed E-state index contributed by atoms with van der Waals surface area (Å²) in [5.74, 6) is 0.179. The van der Waals surface area contributed by atoms with Gasteiger partial charge in [0.1, 0.15) is 0 Å². The van der Waals surface area contributed by atoms with Crippen molar-refractivity contribution in [1.29, 1.82) is 5.41 Å².